The lowest BCUT2D eigenvalue weighted by molar-refractivity contribution is 0.548. The zero-order chi connectivity index (χ0) is 8.85. The van der Waals surface area contributed by atoms with Crippen LogP contribution < -0.4 is 5.73 Å². The SMILES string of the molecule is C=C(CCCC(C)C)C(C)N. The van der Waals surface area contributed by atoms with Crippen molar-refractivity contribution < 1.29 is 0 Å². The first-order valence-corrected chi connectivity index (χ1v) is 4.47. The fraction of sp³-hybridized carbons (Fsp3) is 0.800. The largest absolute Gasteiger partial charge is 0.324 e. The Bertz CT molecular complexity index is 114. The summed E-state index contributed by atoms with van der Waals surface area (Å²) < 4.78 is 0. The summed E-state index contributed by atoms with van der Waals surface area (Å²) in [5, 5.41) is 0. The normalized spacial score (nSPS) is 13.5. The average Bonchev–Trinajstić information content (AvgIpc) is 1.86. The van der Waals surface area contributed by atoms with E-state index < -0.39 is 0 Å². The highest BCUT2D eigenvalue weighted by Gasteiger charge is 2.00. The van der Waals surface area contributed by atoms with Gasteiger partial charge in [0.25, 0.3) is 0 Å². The van der Waals surface area contributed by atoms with Crippen LogP contribution in [0.1, 0.15) is 40.0 Å². The molecule has 0 saturated carbocycles. The molecule has 0 aliphatic carbocycles. The number of nitrogens with two attached hydrogens (primary N) is 1. The van der Waals surface area contributed by atoms with Gasteiger partial charge in [-0.15, -0.1) is 0 Å². The first-order valence-electron chi connectivity index (χ1n) is 4.47. The van der Waals surface area contributed by atoms with Crippen molar-refractivity contribution in [2.75, 3.05) is 0 Å². The van der Waals surface area contributed by atoms with Crippen molar-refractivity contribution in [3.05, 3.63) is 12.2 Å². The molecule has 0 aliphatic rings. The Morgan fingerprint density at radius 1 is 1.36 bits per heavy atom. The minimum absolute atomic E-state index is 0.169. The van der Waals surface area contributed by atoms with Gasteiger partial charge < -0.3 is 5.73 Å². The Hall–Kier alpha value is -0.300. The first kappa shape index (κ1) is 10.7. The molecule has 0 amide bonds. The maximum Gasteiger partial charge on any atom is 0.0222 e. The minimum atomic E-state index is 0.169. The van der Waals surface area contributed by atoms with Crippen LogP contribution in [0.4, 0.5) is 0 Å². The number of hydrogen-bond acceptors (Lipinski definition) is 1. The van der Waals surface area contributed by atoms with E-state index in [1.54, 1.807) is 0 Å². The molecule has 66 valence electrons. The highest BCUT2D eigenvalue weighted by molar-refractivity contribution is 5.01. The van der Waals surface area contributed by atoms with E-state index in [4.69, 9.17) is 5.73 Å². The summed E-state index contributed by atoms with van der Waals surface area (Å²) >= 11 is 0. The monoisotopic (exact) mass is 155 g/mol. The van der Waals surface area contributed by atoms with Crippen LogP contribution in [0, 0.1) is 5.92 Å². The predicted molar refractivity (Wildman–Crippen MR) is 51.5 cm³/mol. The Balaban J connectivity index is 3.32. The minimum Gasteiger partial charge on any atom is -0.324 e. The topological polar surface area (TPSA) is 26.0 Å². The van der Waals surface area contributed by atoms with Crippen molar-refractivity contribution in [2.45, 2.75) is 46.1 Å². The highest BCUT2D eigenvalue weighted by Crippen LogP contribution is 2.12. The van der Waals surface area contributed by atoms with Gasteiger partial charge in [0.1, 0.15) is 0 Å². The van der Waals surface area contributed by atoms with Gasteiger partial charge in [0, 0.05) is 6.04 Å². The summed E-state index contributed by atoms with van der Waals surface area (Å²) in [6.45, 7) is 10.4. The Kier molecular flexibility index (Phi) is 5.22. The molecule has 0 fully saturated rings. The first-order chi connectivity index (χ1) is 5.04. The Labute approximate surface area is 70.7 Å². The molecule has 0 radical (unpaired) electrons. The van der Waals surface area contributed by atoms with Crippen molar-refractivity contribution in [1.29, 1.82) is 0 Å². The van der Waals surface area contributed by atoms with Crippen LogP contribution in [-0.4, -0.2) is 6.04 Å². The van der Waals surface area contributed by atoms with Crippen LogP contribution in [0.5, 0.6) is 0 Å². The van der Waals surface area contributed by atoms with Gasteiger partial charge >= 0.3 is 0 Å². The van der Waals surface area contributed by atoms with E-state index in [0.717, 1.165) is 12.3 Å². The molecule has 0 saturated heterocycles. The maximum atomic E-state index is 5.65. The lowest BCUT2D eigenvalue weighted by Crippen LogP contribution is -2.17. The van der Waals surface area contributed by atoms with Crippen LogP contribution in [0.25, 0.3) is 0 Å². The summed E-state index contributed by atoms with van der Waals surface area (Å²) in [5.74, 6) is 0.802. The molecule has 0 aromatic rings. The summed E-state index contributed by atoms with van der Waals surface area (Å²) in [6.07, 6.45) is 3.61. The summed E-state index contributed by atoms with van der Waals surface area (Å²) in [6, 6.07) is 0.169. The van der Waals surface area contributed by atoms with Crippen molar-refractivity contribution in [3.63, 3.8) is 0 Å². The van der Waals surface area contributed by atoms with E-state index >= 15 is 0 Å². The van der Waals surface area contributed by atoms with E-state index in [-0.39, 0.29) is 6.04 Å². The second-order valence-corrected chi connectivity index (χ2v) is 3.73. The Morgan fingerprint density at radius 3 is 2.27 bits per heavy atom. The summed E-state index contributed by atoms with van der Waals surface area (Å²) in [4.78, 5) is 0. The van der Waals surface area contributed by atoms with Crippen molar-refractivity contribution in [2.24, 2.45) is 11.7 Å². The van der Waals surface area contributed by atoms with Crippen LogP contribution in [0.15, 0.2) is 12.2 Å². The van der Waals surface area contributed by atoms with E-state index in [9.17, 15) is 0 Å². The molecule has 1 atom stereocenters. The standard InChI is InChI=1S/C10H21N/c1-8(2)6-5-7-9(3)10(4)11/h8,10H,3,5-7,11H2,1-2,4H3. The molecule has 0 aromatic carbocycles. The van der Waals surface area contributed by atoms with E-state index in [0.29, 0.717) is 0 Å². The van der Waals surface area contributed by atoms with E-state index in [1.807, 2.05) is 6.92 Å². The van der Waals surface area contributed by atoms with Crippen molar-refractivity contribution in [1.82, 2.24) is 0 Å². The van der Waals surface area contributed by atoms with Gasteiger partial charge in [-0.05, 0) is 25.7 Å². The van der Waals surface area contributed by atoms with Crippen LogP contribution in [0.3, 0.4) is 0 Å². The molecular formula is C10H21N. The third kappa shape index (κ3) is 6.11. The summed E-state index contributed by atoms with van der Waals surface area (Å²) in [5.41, 5.74) is 6.84. The molecule has 0 spiro atoms. The fourth-order valence-electron chi connectivity index (χ4n) is 0.965. The second kappa shape index (κ2) is 5.36. The zero-order valence-electron chi connectivity index (χ0n) is 8.06. The molecular weight excluding hydrogens is 134 g/mol. The smallest absolute Gasteiger partial charge is 0.0222 e. The highest BCUT2D eigenvalue weighted by atomic mass is 14.6. The van der Waals surface area contributed by atoms with Crippen LogP contribution >= 0.6 is 0 Å². The molecule has 0 heterocycles. The average molecular weight is 155 g/mol. The van der Waals surface area contributed by atoms with Crippen molar-refractivity contribution in [3.8, 4) is 0 Å². The van der Waals surface area contributed by atoms with Crippen molar-refractivity contribution >= 4 is 0 Å². The third-order valence-electron chi connectivity index (χ3n) is 1.92. The summed E-state index contributed by atoms with van der Waals surface area (Å²) in [7, 11) is 0. The Morgan fingerprint density at radius 2 is 1.91 bits per heavy atom. The van der Waals surface area contributed by atoms with E-state index in [2.05, 4.69) is 20.4 Å². The lowest BCUT2D eigenvalue weighted by atomic mass is 10.0. The second-order valence-electron chi connectivity index (χ2n) is 3.73. The molecule has 11 heavy (non-hydrogen) atoms. The number of hydrogen-bond donors (Lipinski definition) is 1. The fourth-order valence-corrected chi connectivity index (χ4v) is 0.965. The van der Waals surface area contributed by atoms with E-state index in [1.165, 1.54) is 18.4 Å². The molecule has 0 aliphatic heterocycles. The number of rotatable bonds is 5. The predicted octanol–water partition coefficient (Wildman–Crippen LogP) is 2.72. The molecule has 0 rings (SSSR count). The molecule has 1 heteroatoms. The van der Waals surface area contributed by atoms with Gasteiger partial charge in [-0.2, -0.15) is 0 Å². The molecule has 0 aromatic heterocycles. The maximum absolute atomic E-state index is 5.65. The molecule has 0 bridgehead atoms. The van der Waals surface area contributed by atoms with Gasteiger partial charge in [0.15, 0.2) is 0 Å². The van der Waals surface area contributed by atoms with Crippen LogP contribution in [-0.2, 0) is 0 Å². The molecule has 1 nitrogen and oxygen atoms in total. The van der Waals surface area contributed by atoms with Gasteiger partial charge in [-0.25, -0.2) is 0 Å². The quantitative estimate of drug-likeness (QED) is 0.607. The molecule has 1 unspecified atom stereocenters. The zero-order valence-corrected chi connectivity index (χ0v) is 8.06. The van der Waals surface area contributed by atoms with Gasteiger partial charge in [0.2, 0.25) is 0 Å². The van der Waals surface area contributed by atoms with Gasteiger partial charge in [0.05, 0.1) is 0 Å². The lowest BCUT2D eigenvalue weighted by Gasteiger charge is -2.09. The molecule has 2 N–H and O–H groups in total. The van der Waals surface area contributed by atoms with Gasteiger partial charge in [-0.1, -0.05) is 32.4 Å². The van der Waals surface area contributed by atoms with Crippen LogP contribution in [0.2, 0.25) is 0 Å². The van der Waals surface area contributed by atoms with Gasteiger partial charge in [-0.3, -0.25) is 0 Å². The third-order valence-corrected chi connectivity index (χ3v) is 1.92.